The van der Waals surface area contributed by atoms with E-state index in [4.69, 9.17) is 0 Å². The van der Waals surface area contributed by atoms with Gasteiger partial charge < -0.3 is 4.90 Å². The fraction of sp³-hybridized carbons (Fsp3) is 0.500. The zero-order chi connectivity index (χ0) is 11.8. The first kappa shape index (κ1) is 10.8. The summed E-state index contributed by atoms with van der Waals surface area (Å²) in [4.78, 5) is 5.72. The lowest BCUT2D eigenvalue weighted by atomic mass is 10.2. The molecule has 1 aliphatic carbocycles. The number of imidazole rings is 1. The summed E-state index contributed by atoms with van der Waals surface area (Å²) in [6.07, 6.45) is 5.99. The quantitative estimate of drug-likeness (QED) is 0.785. The van der Waals surface area contributed by atoms with Crippen LogP contribution in [0.2, 0.25) is 0 Å². The van der Waals surface area contributed by atoms with Crippen molar-refractivity contribution in [3.63, 3.8) is 0 Å². The molecule has 0 spiro atoms. The van der Waals surface area contributed by atoms with Crippen LogP contribution in [-0.4, -0.2) is 30.0 Å². The SMILES string of the molecule is CN(C)C1CCC([n+]2c[nH]c3ccccc32)C1. The van der Waals surface area contributed by atoms with Gasteiger partial charge >= 0.3 is 0 Å². The summed E-state index contributed by atoms with van der Waals surface area (Å²) < 4.78 is 2.42. The van der Waals surface area contributed by atoms with Gasteiger partial charge in [-0.1, -0.05) is 12.1 Å². The van der Waals surface area contributed by atoms with Gasteiger partial charge in [-0.05, 0) is 39.1 Å². The minimum absolute atomic E-state index is 0.651. The van der Waals surface area contributed by atoms with Crippen LogP contribution in [0.1, 0.15) is 25.3 Å². The molecule has 2 unspecified atom stereocenters. The van der Waals surface area contributed by atoms with E-state index in [-0.39, 0.29) is 0 Å². The molecule has 3 heteroatoms. The Morgan fingerprint density at radius 1 is 1.24 bits per heavy atom. The van der Waals surface area contributed by atoms with E-state index in [1.54, 1.807) is 0 Å². The first-order chi connectivity index (χ1) is 8.25. The summed E-state index contributed by atoms with van der Waals surface area (Å²) in [5.41, 5.74) is 2.57. The molecule has 90 valence electrons. The van der Waals surface area contributed by atoms with Crippen LogP contribution in [0.15, 0.2) is 30.6 Å². The van der Waals surface area contributed by atoms with Crippen LogP contribution in [0.4, 0.5) is 0 Å². The van der Waals surface area contributed by atoms with Crippen molar-refractivity contribution >= 4 is 11.0 Å². The van der Waals surface area contributed by atoms with E-state index in [2.05, 4.69) is 59.1 Å². The van der Waals surface area contributed by atoms with Crippen LogP contribution >= 0.6 is 0 Å². The topological polar surface area (TPSA) is 22.9 Å². The number of aromatic amines is 1. The summed E-state index contributed by atoms with van der Waals surface area (Å²) in [5.74, 6) is 0. The second-order valence-corrected chi connectivity index (χ2v) is 5.28. The van der Waals surface area contributed by atoms with E-state index >= 15 is 0 Å². The third-order valence-electron chi connectivity index (χ3n) is 4.04. The molecular formula is C14H20N3+. The molecule has 0 bridgehead atoms. The Hall–Kier alpha value is -1.35. The second kappa shape index (κ2) is 4.15. The maximum Gasteiger partial charge on any atom is 0.242 e. The lowest BCUT2D eigenvalue weighted by Crippen LogP contribution is -2.37. The predicted octanol–water partition coefficient (Wildman–Crippen LogP) is 2.11. The molecule has 1 N–H and O–H groups in total. The predicted molar refractivity (Wildman–Crippen MR) is 68.9 cm³/mol. The molecule has 2 atom stereocenters. The number of nitrogens with zero attached hydrogens (tertiary/aromatic N) is 2. The van der Waals surface area contributed by atoms with E-state index < -0.39 is 0 Å². The molecule has 0 saturated heterocycles. The third kappa shape index (κ3) is 1.84. The van der Waals surface area contributed by atoms with Crippen LogP contribution in [0, 0.1) is 0 Å². The van der Waals surface area contributed by atoms with Crippen molar-refractivity contribution in [2.45, 2.75) is 31.3 Å². The molecule has 17 heavy (non-hydrogen) atoms. The molecule has 1 saturated carbocycles. The molecule has 0 radical (unpaired) electrons. The van der Waals surface area contributed by atoms with Crippen LogP contribution in [-0.2, 0) is 0 Å². The number of nitrogens with one attached hydrogen (secondary N) is 1. The summed E-state index contributed by atoms with van der Waals surface area (Å²) in [6, 6.07) is 9.93. The fourth-order valence-electron chi connectivity index (χ4n) is 2.99. The standard InChI is InChI=1S/C14H19N3/c1-16(2)11-7-8-12(9-11)17-10-15-13-5-3-4-6-14(13)17/h3-6,10-12H,7-9H2,1-2H3/p+1. The van der Waals surface area contributed by atoms with Crippen LogP contribution in [0.25, 0.3) is 11.0 Å². The largest absolute Gasteiger partial charge is 0.306 e. The van der Waals surface area contributed by atoms with Crippen molar-refractivity contribution in [3.05, 3.63) is 30.6 Å². The van der Waals surface area contributed by atoms with Crippen molar-refractivity contribution < 1.29 is 4.57 Å². The Morgan fingerprint density at radius 2 is 2.06 bits per heavy atom. The Morgan fingerprint density at radius 3 is 2.82 bits per heavy atom. The molecule has 1 heterocycles. The van der Waals surface area contributed by atoms with E-state index in [1.807, 2.05) is 0 Å². The van der Waals surface area contributed by atoms with Gasteiger partial charge in [-0.15, -0.1) is 0 Å². The number of hydrogen-bond acceptors (Lipinski definition) is 1. The molecule has 3 rings (SSSR count). The molecule has 3 nitrogen and oxygen atoms in total. The van der Waals surface area contributed by atoms with Crippen LogP contribution < -0.4 is 4.57 Å². The summed E-state index contributed by atoms with van der Waals surface area (Å²) in [7, 11) is 4.37. The number of fused-ring (bicyclic) bond motifs is 1. The van der Waals surface area contributed by atoms with E-state index in [9.17, 15) is 0 Å². The van der Waals surface area contributed by atoms with Crippen molar-refractivity contribution in [1.29, 1.82) is 0 Å². The second-order valence-electron chi connectivity index (χ2n) is 5.28. The number of para-hydroxylation sites is 2. The molecule has 0 aliphatic heterocycles. The molecule has 1 fully saturated rings. The molecule has 2 aromatic rings. The zero-order valence-electron chi connectivity index (χ0n) is 10.6. The Bertz CT molecular complexity index is 515. The summed E-state index contributed by atoms with van der Waals surface area (Å²) >= 11 is 0. The van der Waals surface area contributed by atoms with E-state index in [0.717, 1.165) is 6.04 Å². The number of aromatic nitrogens is 2. The van der Waals surface area contributed by atoms with E-state index in [1.165, 1.54) is 30.3 Å². The highest BCUT2D eigenvalue weighted by Crippen LogP contribution is 2.29. The van der Waals surface area contributed by atoms with Crippen molar-refractivity contribution in [2.24, 2.45) is 0 Å². The maximum absolute atomic E-state index is 3.36. The molecular weight excluding hydrogens is 210 g/mol. The summed E-state index contributed by atoms with van der Waals surface area (Å²) in [6.45, 7) is 0. The van der Waals surface area contributed by atoms with Gasteiger partial charge in [-0.2, -0.15) is 0 Å². The van der Waals surface area contributed by atoms with Crippen molar-refractivity contribution in [1.82, 2.24) is 9.88 Å². The first-order valence-electron chi connectivity index (χ1n) is 6.39. The maximum atomic E-state index is 3.36. The van der Waals surface area contributed by atoms with Crippen molar-refractivity contribution in [2.75, 3.05) is 14.1 Å². The van der Waals surface area contributed by atoms with Gasteiger partial charge in [0.1, 0.15) is 6.04 Å². The number of rotatable bonds is 2. The first-order valence-corrected chi connectivity index (χ1v) is 6.39. The molecule has 0 amide bonds. The Balaban J connectivity index is 1.90. The highest BCUT2D eigenvalue weighted by atomic mass is 15.1. The van der Waals surface area contributed by atoms with Gasteiger partial charge in [0.15, 0.2) is 11.0 Å². The van der Waals surface area contributed by atoms with E-state index in [0.29, 0.717) is 6.04 Å². The highest BCUT2D eigenvalue weighted by molar-refractivity contribution is 5.70. The number of benzene rings is 1. The highest BCUT2D eigenvalue weighted by Gasteiger charge is 2.31. The Labute approximate surface area is 102 Å². The molecule has 1 aromatic carbocycles. The van der Waals surface area contributed by atoms with Gasteiger partial charge in [0.2, 0.25) is 6.33 Å². The average Bonchev–Trinajstić information content (AvgIpc) is 2.95. The van der Waals surface area contributed by atoms with Gasteiger partial charge in [0.05, 0.1) is 0 Å². The van der Waals surface area contributed by atoms with Crippen LogP contribution in [0.3, 0.4) is 0 Å². The van der Waals surface area contributed by atoms with Gasteiger partial charge in [0, 0.05) is 12.5 Å². The van der Waals surface area contributed by atoms with Gasteiger partial charge in [-0.25, -0.2) is 9.55 Å². The zero-order valence-corrected chi connectivity index (χ0v) is 10.6. The van der Waals surface area contributed by atoms with Crippen LogP contribution in [0.5, 0.6) is 0 Å². The lowest BCUT2D eigenvalue weighted by Gasteiger charge is -2.18. The average molecular weight is 230 g/mol. The molecule has 1 aromatic heterocycles. The van der Waals surface area contributed by atoms with Gasteiger partial charge in [0.25, 0.3) is 0 Å². The minimum Gasteiger partial charge on any atom is -0.306 e. The fourth-order valence-corrected chi connectivity index (χ4v) is 2.99. The normalized spacial score (nSPS) is 24.9. The van der Waals surface area contributed by atoms with Gasteiger partial charge in [-0.3, -0.25) is 0 Å². The third-order valence-corrected chi connectivity index (χ3v) is 4.04. The lowest BCUT2D eigenvalue weighted by molar-refractivity contribution is -0.697. The molecule has 1 aliphatic rings. The minimum atomic E-state index is 0.651. The Kier molecular flexibility index (Phi) is 2.63. The number of H-pyrrole nitrogens is 1. The number of hydrogen-bond donors (Lipinski definition) is 1. The van der Waals surface area contributed by atoms with Crippen molar-refractivity contribution in [3.8, 4) is 0 Å². The smallest absolute Gasteiger partial charge is 0.242 e. The summed E-state index contributed by atoms with van der Waals surface area (Å²) in [5, 5.41) is 0. The monoisotopic (exact) mass is 230 g/mol.